The first-order valence-corrected chi connectivity index (χ1v) is 7.13. The Bertz CT molecular complexity index is 981. The number of aryl methyl sites for hydroxylation is 1. The predicted octanol–water partition coefficient (Wildman–Crippen LogP) is 4.15. The fourth-order valence-corrected chi connectivity index (χ4v) is 2.35. The molecular weight excluding hydrogens is 321 g/mol. The van der Waals surface area contributed by atoms with E-state index in [9.17, 15) is 14.0 Å². The molecule has 1 amide bonds. The van der Waals surface area contributed by atoms with E-state index in [1.54, 1.807) is 25.1 Å². The van der Waals surface area contributed by atoms with Gasteiger partial charge in [-0.3, -0.25) is 4.79 Å². The van der Waals surface area contributed by atoms with Gasteiger partial charge >= 0.3 is 5.63 Å². The first kappa shape index (κ1) is 15.2. The third-order valence-corrected chi connectivity index (χ3v) is 3.62. The maximum Gasteiger partial charge on any atom is 0.349 e. The van der Waals surface area contributed by atoms with Gasteiger partial charge in [0, 0.05) is 16.1 Å². The van der Waals surface area contributed by atoms with Crippen LogP contribution in [-0.2, 0) is 0 Å². The summed E-state index contributed by atoms with van der Waals surface area (Å²) < 4.78 is 18.4. The lowest BCUT2D eigenvalue weighted by Crippen LogP contribution is -2.21. The Morgan fingerprint density at radius 3 is 2.74 bits per heavy atom. The van der Waals surface area contributed by atoms with Crippen molar-refractivity contribution in [3.05, 3.63) is 74.9 Å². The van der Waals surface area contributed by atoms with Gasteiger partial charge in [-0.2, -0.15) is 0 Å². The molecule has 0 bridgehead atoms. The Hall–Kier alpha value is -2.66. The van der Waals surface area contributed by atoms with Crippen molar-refractivity contribution in [1.29, 1.82) is 0 Å². The van der Waals surface area contributed by atoms with Gasteiger partial charge in [0.15, 0.2) is 0 Å². The monoisotopic (exact) mass is 331 g/mol. The highest BCUT2D eigenvalue weighted by Gasteiger charge is 2.15. The highest BCUT2D eigenvalue weighted by molar-refractivity contribution is 6.31. The molecule has 1 N–H and O–H groups in total. The Kier molecular flexibility index (Phi) is 3.88. The van der Waals surface area contributed by atoms with E-state index in [0.717, 1.165) is 0 Å². The lowest BCUT2D eigenvalue weighted by Gasteiger charge is -2.08. The first-order valence-electron chi connectivity index (χ1n) is 6.75. The van der Waals surface area contributed by atoms with Gasteiger partial charge in [-0.25, -0.2) is 9.18 Å². The number of carbonyl (C=O) groups is 1. The van der Waals surface area contributed by atoms with Crippen molar-refractivity contribution in [3.63, 3.8) is 0 Å². The minimum Gasteiger partial charge on any atom is -0.422 e. The van der Waals surface area contributed by atoms with Crippen molar-refractivity contribution >= 4 is 34.2 Å². The number of amides is 1. The maximum absolute atomic E-state index is 13.3. The van der Waals surface area contributed by atoms with Gasteiger partial charge in [0.1, 0.15) is 17.0 Å². The summed E-state index contributed by atoms with van der Waals surface area (Å²) in [5, 5.41) is 3.50. The fraction of sp³-hybridized carbons (Fsp3) is 0.0588. The van der Waals surface area contributed by atoms with Gasteiger partial charge in [0.2, 0.25) is 0 Å². The van der Waals surface area contributed by atoms with Crippen LogP contribution in [0.2, 0.25) is 5.02 Å². The second-order valence-electron chi connectivity index (χ2n) is 5.04. The number of nitrogens with one attached hydrogen (secondary N) is 1. The normalized spacial score (nSPS) is 10.7. The minimum atomic E-state index is -0.772. The van der Waals surface area contributed by atoms with Gasteiger partial charge < -0.3 is 9.73 Å². The topological polar surface area (TPSA) is 59.3 Å². The standard InChI is InChI=1S/C17H11ClFNO3/c1-9-2-4-12(19)8-14(9)20-16(21)13-7-10-6-11(18)3-5-15(10)23-17(13)22/h2-8H,1H3,(H,20,21). The van der Waals surface area contributed by atoms with E-state index in [4.69, 9.17) is 16.0 Å². The van der Waals surface area contributed by atoms with Crippen LogP contribution in [0, 0.1) is 12.7 Å². The fourth-order valence-electron chi connectivity index (χ4n) is 2.17. The zero-order chi connectivity index (χ0) is 16.6. The molecule has 0 saturated carbocycles. The van der Waals surface area contributed by atoms with Gasteiger partial charge in [-0.05, 0) is 48.9 Å². The average Bonchev–Trinajstić information content (AvgIpc) is 2.50. The van der Waals surface area contributed by atoms with Crippen LogP contribution in [0.15, 0.2) is 51.7 Å². The number of hydrogen-bond donors (Lipinski definition) is 1. The van der Waals surface area contributed by atoms with Crippen LogP contribution < -0.4 is 10.9 Å². The molecule has 2 aromatic carbocycles. The van der Waals surface area contributed by atoms with Crippen LogP contribution in [-0.4, -0.2) is 5.91 Å². The minimum absolute atomic E-state index is 0.177. The molecule has 0 saturated heterocycles. The van der Waals surface area contributed by atoms with E-state index in [-0.39, 0.29) is 5.56 Å². The predicted molar refractivity (Wildman–Crippen MR) is 86.6 cm³/mol. The Labute approximate surface area is 135 Å². The molecule has 3 rings (SSSR count). The lowest BCUT2D eigenvalue weighted by atomic mass is 10.1. The molecule has 0 aliphatic rings. The van der Waals surface area contributed by atoms with Gasteiger partial charge in [-0.15, -0.1) is 0 Å². The number of hydrogen-bond acceptors (Lipinski definition) is 3. The summed E-state index contributed by atoms with van der Waals surface area (Å²) in [7, 11) is 0. The maximum atomic E-state index is 13.3. The third-order valence-electron chi connectivity index (χ3n) is 3.39. The van der Waals surface area contributed by atoms with Crippen molar-refractivity contribution in [3.8, 4) is 0 Å². The number of anilines is 1. The molecule has 0 spiro atoms. The number of benzene rings is 2. The molecule has 0 aliphatic carbocycles. The zero-order valence-electron chi connectivity index (χ0n) is 12.0. The molecule has 6 heteroatoms. The smallest absolute Gasteiger partial charge is 0.349 e. The van der Waals surface area contributed by atoms with Gasteiger partial charge in [0.05, 0.1) is 0 Å². The average molecular weight is 332 g/mol. The summed E-state index contributed by atoms with van der Waals surface area (Å²) in [4.78, 5) is 24.3. The molecule has 0 atom stereocenters. The Morgan fingerprint density at radius 2 is 1.96 bits per heavy atom. The van der Waals surface area contributed by atoms with Crippen LogP contribution >= 0.6 is 11.6 Å². The quantitative estimate of drug-likeness (QED) is 0.718. The van der Waals surface area contributed by atoms with Crippen LogP contribution in [0.25, 0.3) is 11.0 Å². The summed E-state index contributed by atoms with van der Waals surface area (Å²) >= 11 is 5.90. The molecule has 116 valence electrons. The van der Waals surface area contributed by atoms with E-state index >= 15 is 0 Å². The van der Waals surface area contributed by atoms with Crippen LogP contribution in [0.5, 0.6) is 0 Å². The number of fused-ring (bicyclic) bond motifs is 1. The van der Waals surface area contributed by atoms with Crippen LogP contribution in [0.1, 0.15) is 15.9 Å². The number of carbonyl (C=O) groups excluding carboxylic acids is 1. The summed E-state index contributed by atoms with van der Waals surface area (Å²) in [5.74, 6) is -1.16. The van der Waals surface area contributed by atoms with Crippen molar-refractivity contribution < 1.29 is 13.6 Å². The second-order valence-corrected chi connectivity index (χ2v) is 5.48. The molecule has 0 fully saturated rings. The van der Waals surface area contributed by atoms with Crippen LogP contribution in [0.4, 0.5) is 10.1 Å². The largest absolute Gasteiger partial charge is 0.422 e. The molecule has 1 heterocycles. The molecule has 0 aliphatic heterocycles. The molecule has 4 nitrogen and oxygen atoms in total. The number of halogens is 2. The molecule has 3 aromatic rings. The summed E-state index contributed by atoms with van der Waals surface area (Å²) in [6.45, 7) is 1.72. The molecule has 1 aromatic heterocycles. The second kappa shape index (κ2) is 5.85. The van der Waals surface area contributed by atoms with Crippen molar-refractivity contribution in [1.82, 2.24) is 0 Å². The van der Waals surface area contributed by atoms with E-state index < -0.39 is 17.3 Å². The number of rotatable bonds is 2. The lowest BCUT2D eigenvalue weighted by molar-refractivity contribution is 0.102. The molecule has 23 heavy (non-hydrogen) atoms. The van der Waals surface area contributed by atoms with E-state index in [1.165, 1.54) is 24.3 Å². The zero-order valence-corrected chi connectivity index (χ0v) is 12.8. The van der Waals surface area contributed by atoms with E-state index in [2.05, 4.69) is 5.32 Å². The molecular formula is C17H11ClFNO3. The summed E-state index contributed by atoms with van der Waals surface area (Å²) in [6, 6.07) is 10.1. The highest BCUT2D eigenvalue weighted by atomic mass is 35.5. The van der Waals surface area contributed by atoms with Crippen LogP contribution in [0.3, 0.4) is 0 Å². The molecule has 0 radical (unpaired) electrons. The first-order chi connectivity index (χ1) is 10.9. The Balaban J connectivity index is 2.02. The van der Waals surface area contributed by atoms with Crippen molar-refractivity contribution in [2.45, 2.75) is 6.92 Å². The van der Waals surface area contributed by atoms with Gasteiger partial charge in [0.25, 0.3) is 5.91 Å². The molecule has 0 unspecified atom stereocenters. The summed E-state index contributed by atoms with van der Waals surface area (Å²) in [5.41, 5.74) is 0.348. The van der Waals surface area contributed by atoms with E-state index in [1.807, 2.05) is 0 Å². The summed E-state index contributed by atoms with van der Waals surface area (Å²) in [6.07, 6.45) is 0. The third kappa shape index (κ3) is 3.10. The Morgan fingerprint density at radius 1 is 1.17 bits per heavy atom. The highest BCUT2D eigenvalue weighted by Crippen LogP contribution is 2.20. The van der Waals surface area contributed by atoms with Crippen molar-refractivity contribution in [2.75, 3.05) is 5.32 Å². The SMILES string of the molecule is Cc1ccc(F)cc1NC(=O)c1cc2cc(Cl)ccc2oc1=O. The van der Waals surface area contributed by atoms with E-state index in [0.29, 0.717) is 27.2 Å². The van der Waals surface area contributed by atoms with Gasteiger partial charge in [-0.1, -0.05) is 17.7 Å². The van der Waals surface area contributed by atoms with Crippen molar-refractivity contribution in [2.24, 2.45) is 0 Å².